The molecule has 2 aromatic rings. The molecule has 0 unspecified atom stereocenters. The van der Waals surface area contributed by atoms with E-state index in [1.165, 1.54) is 10.6 Å². The molecule has 1 aromatic carbocycles. The van der Waals surface area contributed by atoms with Crippen LogP contribution in [-0.2, 0) is 6.54 Å². The van der Waals surface area contributed by atoms with Gasteiger partial charge in [-0.25, -0.2) is 4.79 Å². The van der Waals surface area contributed by atoms with Gasteiger partial charge in [0.05, 0.1) is 6.54 Å². The Kier molecular flexibility index (Phi) is 3.14. The Morgan fingerprint density at radius 3 is 2.56 bits per heavy atom. The lowest BCUT2D eigenvalue weighted by Gasteiger charge is -2.07. The largest absolute Gasteiger partial charge is 0.477 e. The molecule has 5 heteroatoms. The molecule has 0 atom stereocenters. The second-order valence-electron chi connectivity index (χ2n) is 3.84. The molecule has 5 nitrogen and oxygen atoms in total. The highest BCUT2D eigenvalue weighted by Crippen LogP contribution is 2.13. The molecule has 0 aliphatic heterocycles. The van der Waals surface area contributed by atoms with Gasteiger partial charge in [0.2, 0.25) is 0 Å². The fourth-order valence-corrected chi connectivity index (χ4v) is 1.74. The lowest BCUT2D eigenvalue weighted by molar-refractivity contribution is 0.0685. The van der Waals surface area contributed by atoms with Gasteiger partial charge >= 0.3 is 5.97 Å². The smallest absolute Gasteiger partial charge is 0.352 e. The van der Waals surface area contributed by atoms with E-state index in [-0.39, 0.29) is 18.0 Å². The van der Waals surface area contributed by atoms with Crippen molar-refractivity contribution in [1.82, 2.24) is 4.57 Å². The predicted molar refractivity (Wildman–Crippen MR) is 66.6 cm³/mol. The van der Waals surface area contributed by atoms with Crippen molar-refractivity contribution in [2.75, 3.05) is 5.73 Å². The zero-order valence-corrected chi connectivity index (χ0v) is 9.54. The topological polar surface area (TPSA) is 85.3 Å². The van der Waals surface area contributed by atoms with Gasteiger partial charge in [-0.3, -0.25) is 4.79 Å². The average Bonchev–Trinajstić information content (AvgIpc) is 2.77. The summed E-state index contributed by atoms with van der Waals surface area (Å²) in [5, 5.41) is 8.94. The quantitative estimate of drug-likeness (QED) is 0.632. The van der Waals surface area contributed by atoms with Gasteiger partial charge in [0.1, 0.15) is 5.69 Å². The molecule has 1 aromatic heterocycles. The molecular formula is C13H12N2O3. The van der Waals surface area contributed by atoms with Crippen LogP contribution in [0.4, 0.5) is 5.69 Å². The second-order valence-corrected chi connectivity index (χ2v) is 3.84. The van der Waals surface area contributed by atoms with E-state index in [1.807, 2.05) is 0 Å². The highest BCUT2D eigenvalue weighted by atomic mass is 16.4. The Labute approximate surface area is 103 Å². The number of rotatable bonds is 4. The van der Waals surface area contributed by atoms with Crippen LogP contribution in [-0.4, -0.2) is 21.4 Å². The Balaban J connectivity index is 2.25. The molecule has 18 heavy (non-hydrogen) atoms. The van der Waals surface area contributed by atoms with Gasteiger partial charge in [0, 0.05) is 17.4 Å². The van der Waals surface area contributed by atoms with Crippen molar-refractivity contribution in [3.8, 4) is 0 Å². The number of carbonyl (C=O) groups is 2. The normalized spacial score (nSPS) is 10.2. The minimum absolute atomic E-state index is 0.0388. The van der Waals surface area contributed by atoms with Crippen LogP contribution in [0.2, 0.25) is 0 Å². The standard InChI is InChI=1S/C13H12N2O3/c14-10-5-2-1-4-9(10)12(16)8-15-7-3-6-11(15)13(17)18/h1-7H,8,14H2,(H,17,18). The second kappa shape index (κ2) is 4.75. The Hall–Kier alpha value is -2.56. The molecule has 3 N–H and O–H groups in total. The maximum atomic E-state index is 12.0. The van der Waals surface area contributed by atoms with Crippen molar-refractivity contribution < 1.29 is 14.7 Å². The number of para-hydroxylation sites is 1. The van der Waals surface area contributed by atoms with Crippen molar-refractivity contribution in [3.05, 3.63) is 53.9 Å². The molecule has 0 spiro atoms. The number of nitrogens with zero attached hydrogens (tertiary/aromatic N) is 1. The average molecular weight is 244 g/mol. The fraction of sp³-hybridized carbons (Fsp3) is 0.0769. The first kappa shape index (κ1) is 11.9. The zero-order valence-electron chi connectivity index (χ0n) is 9.54. The van der Waals surface area contributed by atoms with E-state index in [4.69, 9.17) is 10.8 Å². The van der Waals surface area contributed by atoms with Crippen LogP contribution >= 0.6 is 0 Å². The Bertz CT molecular complexity index is 602. The number of aromatic carboxylic acids is 1. The number of carboxylic acid groups (broad SMARTS) is 1. The summed E-state index contributed by atoms with van der Waals surface area (Å²) in [6.45, 7) is -0.0388. The molecule has 0 amide bonds. The summed E-state index contributed by atoms with van der Waals surface area (Å²) in [5.41, 5.74) is 6.58. The third kappa shape index (κ3) is 2.24. The molecule has 0 bridgehead atoms. The van der Waals surface area contributed by atoms with Crippen molar-refractivity contribution >= 4 is 17.4 Å². The van der Waals surface area contributed by atoms with Crippen LogP contribution in [0.5, 0.6) is 0 Å². The number of aromatic nitrogens is 1. The number of Topliss-reactive ketones (excluding diaryl/α,β-unsaturated/α-hetero) is 1. The lowest BCUT2D eigenvalue weighted by atomic mass is 10.1. The zero-order chi connectivity index (χ0) is 13.1. The van der Waals surface area contributed by atoms with Gasteiger partial charge in [0.25, 0.3) is 0 Å². The van der Waals surface area contributed by atoms with E-state index in [1.54, 1.807) is 36.5 Å². The first-order valence-electron chi connectivity index (χ1n) is 5.35. The minimum atomic E-state index is -1.06. The summed E-state index contributed by atoms with van der Waals surface area (Å²) in [7, 11) is 0. The molecule has 0 aliphatic rings. The van der Waals surface area contributed by atoms with Crippen LogP contribution < -0.4 is 5.73 Å². The number of anilines is 1. The predicted octanol–water partition coefficient (Wildman–Crippen LogP) is 1.65. The summed E-state index contributed by atoms with van der Waals surface area (Å²) < 4.78 is 1.39. The summed E-state index contributed by atoms with van der Waals surface area (Å²) in [6.07, 6.45) is 1.56. The van der Waals surface area contributed by atoms with Gasteiger partial charge in [-0.15, -0.1) is 0 Å². The SMILES string of the molecule is Nc1ccccc1C(=O)Cn1cccc1C(=O)O. The number of hydrogen-bond donors (Lipinski definition) is 2. The van der Waals surface area contributed by atoms with E-state index in [0.717, 1.165) is 0 Å². The van der Waals surface area contributed by atoms with E-state index in [2.05, 4.69) is 0 Å². The first-order valence-corrected chi connectivity index (χ1v) is 5.35. The maximum Gasteiger partial charge on any atom is 0.352 e. The molecule has 92 valence electrons. The number of carboxylic acids is 1. The minimum Gasteiger partial charge on any atom is -0.477 e. The van der Waals surface area contributed by atoms with Crippen LogP contribution in [0.1, 0.15) is 20.8 Å². The number of nitrogens with two attached hydrogens (primary N) is 1. The molecule has 0 saturated carbocycles. The van der Waals surface area contributed by atoms with Gasteiger partial charge in [-0.1, -0.05) is 12.1 Å². The highest BCUT2D eigenvalue weighted by molar-refractivity contribution is 6.01. The highest BCUT2D eigenvalue weighted by Gasteiger charge is 2.14. The third-order valence-corrected chi connectivity index (χ3v) is 2.62. The van der Waals surface area contributed by atoms with Crippen LogP contribution in [0, 0.1) is 0 Å². The van der Waals surface area contributed by atoms with Crippen molar-refractivity contribution in [1.29, 1.82) is 0 Å². The van der Waals surface area contributed by atoms with Gasteiger partial charge in [0.15, 0.2) is 5.78 Å². The first-order chi connectivity index (χ1) is 8.59. The summed E-state index contributed by atoms with van der Waals surface area (Å²) in [6, 6.07) is 9.76. The van der Waals surface area contributed by atoms with E-state index in [9.17, 15) is 9.59 Å². The van der Waals surface area contributed by atoms with Crippen molar-refractivity contribution in [2.45, 2.75) is 6.54 Å². The van der Waals surface area contributed by atoms with Crippen LogP contribution in [0.25, 0.3) is 0 Å². The number of benzene rings is 1. The molecule has 0 fully saturated rings. The molecule has 2 rings (SSSR count). The molecule has 0 aliphatic carbocycles. The van der Waals surface area contributed by atoms with E-state index >= 15 is 0 Å². The number of nitrogen functional groups attached to an aromatic ring is 1. The summed E-state index contributed by atoms with van der Waals surface area (Å²) in [4.78, 5) is 22.9. The maximum absolute atomic E-state index is 12.0. The fourth-order valence-electron chi connectivity index (χ4n) is 1.74. The van der Waals surface area contributed by atoms with Crippen molar-refractivity contribution in [2.24, 2.45) is 0 Å². The number of hydrogen-bond acceptors (Lipinski definition) is 3. The third-order valence-electron chi connectivity index (χ3n) is 2.62. The summed E-state index contributed by atoms with van der Waals surface area (Å²) in [5.74, 6) is -1.28. The van der Waals surface area contributed by atoms with Gasteiger partial charge < -0.3 is 15.4 Å². The van der Waals surface area contributed by atoms with Crippen LogP contribution in [0.3, 0.4) is 0 Å². The van der Waals surface area contributed by atoms with Gasteiger partial charge in [-0.05, 0) is 24.3 Å². The molecule has 0 radical (unpaired) electrons. The van der Waals surface area contributed by atoms with Gasteiger partial charge in [-0.2, -0.15) is 0 Å². The van der Waals surface area contributed by atoms with E-state index in [0.29, 0.717) is 11.3 Å². The molecule has 0 saturated heterocycles. The monoisotopic (exact) mass is 244 g/mol. The number of carbonyl (C=O) groups excluding carboxylic acids is 1. The molecular weight excluding hydrogens is 232 g/mol. The Morgan fingerprint density at radius 1 is 1.17 bits per heavy atom. The molecule has 1 heterocycles. The lowest BCUT2D eigenvalue weighted by Crippen LogP contribution is -2.15. The summed E-state index contributed by atoms with van der Waals surface area (Å²) >= 11 is 0. The van der Waals surface area contributed by atoms with Crippen molar-refractivity contribution in [3.63, 3.8) is 0 Å². The Morgan fingerprint density at radius 2 is 1.89 bits per heavy atom. The van der Waals surface area contributed by atoms with E-state index < -0.39 is 5.97 Å². The van der Waals surface area contributed by atoms with Crippen LogP contribution in [0.15, 0.2) is 42.6 Å². The number of ketones is 1.